The Morgan fingerprint density at radius 1 is 0.974 bits per heavy atom. The van der Waals surface area contributed by atoms with Crippen LogP contribution in [0, 0.1) is 6.92 Å². The maximum Gasteiger partial charge on any atom is 0.267 e. The first-order valence-corrected chi connectivity index (χ1v) is 14.9. The molecule has 0 atom stereocenters. The van der Waals surface area contributed by atoms with Gasteiger partial charge in [0.05, 0.1) is 12.2 Å². The van der Waals surface area contributed by atoms with E-state index in [0.29, 0.717) is 19.6 Å². The first kappa shape index (κ1) is 31.9. The number of nitrogens with zero attached hydrogens (tertiary/aromatic N) is 2. The fourth-order valence-corrected chi connectivity index (χ4v) is 5.61. The molecule has 2 N–H and O–H groups in total. The van der Waals surface area contributed by atoms with E-state index in [1.165, 1.54) is 11.3 Å². The molecule has 0 aliphatic rings. The van der Waals surface area contributed by atoms with Crippen molar-refractivity contribution in [3.8, 4) is 5.75 Å². The zero-order chi connectivity index (χ0) is 28.3. The summed E-state index contributed by atoms with van der Waals surface area (Å²) in [4.78, 5) is 15.5. The van der Waals surface area contributed by atoms with Crippen molar-refractivity contribution in [1.29, 1.82) is 0 Å². The summed E-state index contributed by atoms with van der Waals surface area (Å²) in [7, 11) is 0. The number of amides is 1. The maximum atomic E-state index is 13.2. The van der Waals surface area contributed by atoms with Gasteiger partial charge in [-0.1, -0.05) is 53.7 Å². The van der Waals surface area contributed by atoms with Gasteiger partial charge in [-0.05, 0) is 81.9 Å². The van der Waals surface area contributed by atoms with Crippen molar-refractivity contribution < 1.29 is 14.6 Å². The Kier molecular flexibility index (Phi) is 12.4. The van der Waals surface area contributed by atoms with Crippen LogP contribution in [0.25, 0.3) is 0 Å². The molecule has 0 saturated heterocycles. The van der Waals surface area contributed by atoms with E-state index in [1.54, 1.807) is 0 Å². The maximum absolute atomic E-state index is 13.2. The van der Waals surface area contributed by atoms with Crippen LogP contribution in [-0.4, -0.2) is 58.9 Å². The van der Waals surface area contributed by atoms with Gasteiger partial charge < -0.3 is 24.6 Å². The molecule has 0 aliphatic heterocycles. The molecule has 38 heavy (non-hydrogen) atoms. The molecule has 0 saturated carbocycles. The Morgan fingerprint density at radius 3 is 2.16 bits per heavy atom. The Hall–Kier alpha value is -2.31. The van der Waals surface area contributed by atoms with Crippen LogP contribution in [-0.2, 0) is 12.0 Å². The summed E-state index contributed by atoms with van der Waals surface area (Å²) >= 11 is 0. The summed E-state index contributed by atoms with van der Waals surface area (Å²) in [5, 5.41) is 13.7. The minimum Gasteiger partial charge on any atom is -0.493 e. The molecule has 0 aliphatic carbocycles. The summed E-state index contributed by atoms with van der Waals surface area (Å²) in [5.74, 6) is 0.856. The number of ether oxygens (including phenoxy) is 1. The Labute approximate surface area is 231 Å². The van der Waals surface area contributed by atoms with E-state index in [4.69, 9.17) is 4.74 Å². The smallest absolute Gasteiger partial charge is 0.267 e. The molecule has 6 nitrogen and oxygen atoms in total. The van der Waals surface area contributed by atoms with Crippen LogP contribution in [0.4, 0.5) is 0 Å². The molecule has 1 heterocycles. The normalized spacial score (nSPS) is 12.3. The van der Waals surface area contributed by atoms with Crippen LogP contribution >= 0.6 is 0 Å². The zero-order valence-corrected chi connectivity index (χ0v) is 25.3. The molecule has 2 aromatic rings. The van der Waals surface area contributed by atoms with Gasteiger partial charge in [0.15, 0.2) is 0 Å². The number of nitrogens with one attached hydrogen (secondary N) is 1. The summed E-state index contributed by atoms with van der Waals surface area (Å²) < 4.78 is 8.30. The third-order valence-electron chi connectivity index (χ3n) is 8.70. The average Bonchev–Trinajstić information content (AvgIpc) is 3.37. The van der Waals surface area contributed by atoms with Crippen LogP contribution in [0.15, 0.2) is 30.3 Å². The van der Waals surface area contributed by atoms with Gasteiger partial charge in [-0.2, -0.15) is 0 Å². The van der Waals surface area contributed by atoms with Gasteiger partial charge in [-0.3, -0.25) is 4.79 Å². The minimum atomic E-state index is -0.658. The van der Waals surface area contributed by atoms with Gasteiger partial charge in [-0.25, -0.2) is 0 Å². The highest BCUT2D eigenvalue weighted by molar-refractivity contribution is 5.93. The van der Waals surface area contributed by atoms with Crippen molar-refractivity contribution in [3.63, 3.8) is 0 Å². The number of hydrogen-bond acceptors (Lipinski definition) is 4. The summed E-state index contributed by atoms with van der Waals surface area (Å²) in [6.45, 7) is 21.7. The van der Waals surface area contributed by atoms with Crippen LogP contribution in [0.5, 0.6) is 5.75 Å². The molecule has 6 heteroatoms. The summed E-state index contributed by atoms with van der Waals surface area (Å²) in [6, 6.07) is 10.6. The Balaban J connectivity index is 2.30. The Morgan fingerprint density at radius 2 is 1.63 bits per heavy atom. The number of carbonyl (C=O) groups is 1. The predicted molar refractivity (Wildman–Crippen MR) is 158 cm³/mol. The molecule has 0 unspecified atom stereocenters. The van der Waals surface area contributed by atoms with E-state index in [1.807, 2.05) is 19.9 Å². The second kappa shape index (κ2) is 14.7. The topological polar surface area (TPSA) is 66.7 Å². The number of aliphatic hydroxyl groups is 1. The molecule has 0 bridgehead atoms. The number of benzene rings is 1. The number of aryl methyl sites for hydroxylation is 1. The van der Waals surface area contributed by atoms with Crippen LogP contribution in [0.3, 0.4) is 0 Å². The van der Waals surface area contributed by atoms with E-state index in [-0.39, 0.29) is 11.3 Å². The monoisotopic (exact) mass is 527 g/mol. The quantitative estimate of drug-likeness (QED) is 0.253. The highest BCUT2D eigenvalue weighted by Crippen LogP contribution is 2.41. The fraction of sp³-hybridized carbons (Fsp3) is 0.656. The molecule has 0 spiro atoms. The van der Waals surface area contributed by atoms with Gasteiger partial charge >= 0.3 is 0 Å². The molecule has 1 aromatic carbocycles. The SMILES string of the molecule is CCN(CC)CCNC(=O)c1ccc(C(CC)(CC)c2ccc(OCCC(O)(CC)CC)c(C)c2)n1CC. The third-order valence-corrected chi connectivity index (χ3v) is 8.70. The summed E-state index contributed by atoms with van der Waals surface area (Å²) in [5.41, 5.74) is 3.38. The van der Waals surface area contributed by atoms with E-state index in [9.17, 15) is 9.90 Å². The lowest BCUT2D eigenvalue weighted by molar-refractivity contribution is 0.0116. The highest BCUT2D eigenvalue weighted by Gasteiger charge is 2.35. The molecule has 1 aromatic heterocycles. The first-order valence-electron chi connectivity index (χ1n) is 14.9. The first-order chi connectivity index (χ1) is 18.2. The standard InChI is InChI=1S/C32H53N3O3/c1-9-31(37,10-2)20-23-38-28-18-16-26(24-25(28)8)32(11-3,12-4)29-19-17-27(35(29)15-7)30(36)33-21-22-34(13-5)14-6/h16-19,24,37H,9-15,20-23H2,1-8H3,(H,33,36). The van der Waals surface area contributed by atoms with Gasteiger partial charge in [0, 0.05) is 37.2 Å². The predicted octanol–water partition coefficient (Wildman–Crippen LogP) is 6.31. The van der Waals surface area contributed by atoms with Gasteiger partial charge in [0.1, 0.15) is 11.4 Å². The number of aromatic nitrogens is 1. The molecular formula is C32H53N3O3. The molecule has 214 valence electrons. The van der Waals surface area contributed by atoms with E-state index >= 15 is 0 Å². The van der Waals surface area contributed by atoms with E-state index < -0.39 is 5.60 Å². The second-order valence-electron chi connectivity index (χ2n) is 10.4. The number of rotatable bonds is 17. The van der Waals surface area contributed by atoms with Gasteiger partial charge in [0.25, 0.3) is 5.91 Å². The van der Waals surface area contributed by atoms with Gasteiger partial charge in [-0.15, -0.1) is 0 Å². The van der Waals surface area contributed by atoms with E-state index in [2.05, 4.69) is 80.6 Å². The molecule has 0 fully saturated rings. The largest absolute Gasteiger partial charge is 0.493 e. The minimum absolute atomic E-state index is 0.00888. The zero-order valence-electron chi connectivity index (χ0n) is 25.3. The van der Waals surface area contributed by atoms with Gasteiger partial charge in [0.2, 0.25) is 0 Å². The van der Waals surface area contributed by atoms with Crippen molar-refractivity contribution in [2.45, 2.75) is 105 Å². The number of likely N-dealkylation sites (N-methyl/N-ethyl adjacent to an activating group) is 1. The molecular weight excluding hydrogens is 474 g/mol. The number of carbonyl (C=O) groups excluding carboxylic acids is 1. The lowest BCUT2D eigenvalue weighted by Gasteiger charge is -2.34. The van der Waals surface area contributed by atoms with E-state index in [0.717, 1.165) is 68.9 Å². The van der Waals surface area contributed by atoms with Crippen LogP contribution in [0.2, 0.25) is 0 Å². The van der Waals surface area contributed by atoms with Crippen molar-refractivity contribution in [3.05, 3.63) is 52.8 Å². The van der Waals surface area contributed by atoms with Crippen LogP contribution in [0.1, 0.15) is 108 Å². The molecule has 2 rings (SSSR count). The average molecular weight is 528 g/mol. The Bertz CT molecular complexity index is 1000. The van der Waals surface area contributed by atoms with Crippen molar-refractivity contribution in [2.24, 2.45) is 0 Å². The highest BCUT2D eigenvalue weighted by atomic mass is 16.5. The lowest BCUT2D eigenvalue weighted by Crippen LogP contribution is -2.36. The van der Waals surface area contributed by atoms with Crippen LogP contribution < -0.4 is 10.1 Å². The fourth-order valence-electron chi connectivity index (χ4n) is 5.61. The molecule has 0 radical (unpaired) electrons. The van der Waals surface area contributed by atoms with Crippen molar-refractivity contribution in [2.75, 3.05) is 32.8 Å². The molecule has 1 amide bonds. The number of hydrogen-bond donors (Lipinski definition) is 2. The summed E-state index contributed by atoms with van der Waals surface area (Å²) in [6.07, 6.45) is 3.94. The lowest BCUT2D eigenvalue weighted by atomic mass is 9.72. The second-order valence-corrected chi connectivity index (χ2v) is 10.4. The third kappa shape index (κ3) is 7.20. The van der Waals surface area contributed by atoms with Crippen molar-refractivity contribution in [1.82, 2.24) is 14.8 Å². The van der Waals surface area contributed by atoms with Crippen molar-refractivity contribution >= 4 is 5.91 Å².